The second kappa shape index (κ2) is 14.3. The Labute approximate surface area is 280 Å². The summed E-state index contributed by atoms with van der Waals surface area (Å²) in [5.41, 5.74) is 1.26. The van der Waals surface area contributed by atoms with Crippen LogP contribution in [-0.2, 0) is 4.79 Å². The number of rotatable bonds is 11. The van der Waals surface area contributed by atoms with Crippen LogP contribution in [0, 0.1) is 0 Å². The van der Waals surface area contributed by atoms with E-state index in [4.69, 9.17) is 9.47 Å². The number of alkyl halides is 5. The van der Waals surface area contributed by atoms with Gasteiger partial charge in [-0.15, -0.1) is 18.3 Å². The van der Waals surface area contributed by atoms with E-state index >= 15 is 0 Å². The molecule has 17 heteroatoms. The first-order valence-corrected chi connectivity index (χ1v) is 15.3. The Kier molecular flexibility index (Phi) is 10.2. The summed E-state index contributed by atoms with van der Waals surface area (Å²) in [5, 5.41) is 7.01. The van der Waals surface area contributed by atoms with Crippen LogP contribution < -0.4 is 24.4 Å². The normalized spacial score (nSPS) is 14.2. The fourth-order valence-electron chi connectivity index (χ4n) is 4.37. The number of aliphatic imine (C=N–C) groups is 1. The van der Waals surface area contributed by atoms with Crippen LogP contribution in [0.4, 0.5) is 38.1 Å². The third-order valence-corrected chi connectivity index (χ3v) is 7.81. The van der Waals surface area contributed by atoms with E-state index in [-0.39, 0.29) is 40.3 Å². The van der Waals surface area contributed by atoms with E-state index < -0.39 is 30.6 Å². The molecule has 0 radical (unpaired) electrons. The van der Waals surface area contributed by atoms with Gasteiger partial charge in [-0.3, -0.25) is 9.69 Å². The number of hydrogen-bond donors (Lipinski definition) is 1. The van der Waals surface area contributed by atoms with Crippen molar-refractivity contribution in [3.05, 3.63) is 85.2 Å². The van der Waals surface area contributed by atoms with Gasteiger partial charge in [0.05, 0.1) is 30.8 Å². The first-order valence-electron chi connectivity index (χ1n) is 14.3. The Morgan fingerprint density at radius 2 is 1.73 bits per heavy atom. The number of halogens is 5. The Balaban J connectivity index is 1.27. The second-order valence-corrected chi connectivity index (χ2v) is 11.3. The SMILES string of the molecule is C=C(C)C(F)(F)CCOc1ccc(OC)cc1N1C(=O)CSC1=NC(=O)Nc1ccc(-c2ncn(-c3ccc(OC(F)(F)F)cc3)n2)cc1. The average molecular weight is 703 g/mol. The van der Waals surface area contributed by atoms with Crippen LogP contribution >= 0.6 is 11.8 Å². The van der Waals surface area contributed by atoms with Gasteiger partial charge in [0.15, 0.2) is 11.0 Å². The predicted octanol–water partition coefficient (Wildman–Crippen LogP) is 7.49. The smallest absolute Gasteiger partial charge is 0.497 e. The van der Waals surface area contributed by atoms with Gasteiger partial charge in [0.2, 0.25) is 5.91 Å². The first kappa shape index (κ1) is 34.9. The number of carbonyl (C=O) groups excluding carboxylic acids is 2. The van der Waals surface area contributed by atoms with Crippen LogP contribution in [0.1, 0.15) is 13.3 Å². The number of nitrogens with one attached hydrogen (secondary N) is 1. The van der Waals surface area contributed by atoms with E-state index in [0.717, 1.165) is 23.9 Å². The summed E-state index contributed by atoms with van der Waals surface area (Å²) in [7, 11) is 1.42. The molecule has 1 saturated heterocycles. The zero-order valence-corrected chi connectivity index (χ0v) is 26.6. The molecule has 0 atom stereocenters. The predicted molar refractivity (Wildman–Crippen MR) is 173 cm³/mol. The molecule has 0 bridgehead atoms. The van der Waals surface area contributed by atoms with E-state index in [1.807, 2.05) is 0 Å². The molecule has 1 aliphatic heterocycles. The fraction of sp³-hybridized carbons (Fsp3) is 0.219. The van der Waals surface area contributed by atoms with Gasteiger partial charge < -0.3 is 19.5 Å². The van der Waals surface area contributed by atoms with Gasteiger partial charge in [0.1, 0.15) is 23.6 Å². The second-order valence-electron chi connectivity index (χ2n) is 10.4. The highest BCUT2D eigenvalue weighted by molar-refractivity contribution is 8.15. The van der Waals surface area contributed by atoms with Gasteiger partial charge >= 0.3 is 12.4 Å². The lowest BCUT2D eigenvalue weighted by Crippen LogP contribution is -2.31. The van der Waals surface area contributed by atoms with Crippen molar-refractivity contribution in [3.63, 3.8) is 0 Å². The summed E-state index contributed by atoms with van der Waals surface area (Å²) in [6, 6.07) is 15.3. The third-order valence-electron chi connectivity index (χ3n) is 6.89. The van der Waals surface area contributed by atoms with Gasteiger partial charge in [-0.25, -0.2) is 23.2 Å². The maximum Gasteiger partial charge on any atom is 0.573 e. The molecule has 1 aromatic heterocycles. The minimum Gasteiger partial charge on any atom is -0.497 e. The number of hydrogen-bond acceptors (Lipinski definition) is 8. The minimum absolute atomic E-state index is 0.0314. The number of thioether (sulfide) groups is 1. The number of anilines is 2. The molecule has 1 aliphatic rings. The largest absolute Gasteiger partial charge is 0.573 e. The average Bonchev–Trinajstić information content (AvgIpc) is 3.68. The lowest BCUT2D eigenvalue weighted by atomic mass is 10.1. The number of aromatic nitrogens is 3. The van der Waals surface area contributed by atoms with Gasteiger partial charge in [0, 0.05) is 23.7 Å². The van der Waals surface area contributed by atoms with Crippen molar-refractivity contribution in [1.82, 2.24) is 14.8 Å². The molecule has 1 N–H and O–H groups in total. The van der Waals surface area contributed by atoms with Crippen LogP contribution in [0.5, 0.6) is 17.2 Å². The number of urea groups is 1. The van der Waals surface area contributed by atoms with Crippen molar-refractivity contribution in [2.75, 3.05) is 29.7 Å². The van der Waals surface area contributed by atoms with Crippen molar-refractivity contribution in [2.45, 2.75) is 25.6 Å². The third kappa shape index (κ3) is 8.72. The highest BCUT2D eigenvalue weighted by atomic mass is 32.2. The molecule has 11 nitrogen and oxygen atoms in total. The summed E-state index contributed by atoms with van der Waals surface area (Å²) in [5.74, 6) is -3.17. The van der Waals surface area contributed by atoms with E-state index in [1.54, 1.807) is 30.3 Å². The number of benzene rings is 3. The van der Waals surface area contributed by atoms with Crippen LogP contribution in [0.2, 0.25) is 0 Å². The van der Waals surface area contributed by atoms with Crippen LogP contribution in [0.25, 0.3) is 17.1 Å². The van der Waals surface area contributed by atoms with Crippen LogP contribution in [-0.4, -0.2) is 63.6 Å². The Morgan fingerprint density at radius 1 is 1.04 bits per heavy atom. The number of methoxy groups -OCH3 is 1. The Morgan fingerprint density at radius 3 is 2.39 bits per heavy atom. The van der Waals surface area contributed by atoms with Gasteiger partial charge in [-0.1, -0.05) is 18.3 Å². The standard InChI is InChI=1S/C32H27F5N6O5S/c1-19(2)31(33,34)14-15-47-26-13-12-24(46-3)16-25(26)43-27(44)17-49-30(43)40-29(45)39-21-6-4-20(5-7-21)28-38-18-42(41-28)22-8-10-23(11-9-22)48-32(35,36)37/h4-13,16,18H,1,14-15,17H2,2-3H3,(H,39,45). The number of allylic oxidation sites excluding steroid dienone is 1. The molecular formula is C32H27F5N6O5S. The number of carbonyl (C=O) groups is 2. The lowest BCUT2D eigenvalue weighted by molar-refractivity contribution is -0.274. The lowest BCUT2D eigenvalue weighted by Gasteiger charge is -2.22. The van der Waals surface area contributed by atoms with Gasteiger partial charge in [-0.05, 0) is 73.2 Å². The summed E-state index contributed by atoms with van der Waals surface area (Å²) < 4.78 is 81.6. The highest BCUT2D eigenvalue weighted by Gasteiger charge is 2.34. The topological polar surface area (TPSA) is 120 Å². The Bertz CT molecular complexity index is 1880. The fourth-order valence-corrected chi connectivity index (χ4v) is 5.22. The molecule has 4 aromatic rings. The summed E-state index contributed by atoms with van der Waals surface area (Å²) in [6.07, 6.45) is -4.04. The molecule has 1 fully saturated rings. The molecular weight excluding hydrogens is 675 g/mol. The molecule has 0 unspecified atom stereocenters. The number of nitrogens with zero attached hydrogens (tertiary/aromatic N) is 5. The molecule has 3 amide bonds. The molecule has 5 rings (SSSR count). The summed E-state index contributed by atoms with van der Waals surface area (Å²) in [4.78, 5) is 35.3. The number of amidine groups is 1. The molecule has 256 valence electrons. The molecule has 0 saturated carbocycles. The van der Waals surface area contributed by atoms with Gasteiger partial charge in [0.25, 0.3) is 5.92 Å². The van der Waals surface area contributed by atoms with Crippen molar-refractivity contribution in [1.29, 1.82) is 0 Å². The maximum atomic E-state index is 14.1. The number of ether oxygens (including phenoxy) is 3. The van der Waals surface area contributed by atoms with E-state index in [0.29, 0.717) is 28.5 Å². The highest BCUT2D eigenvalue weighted by Crippen LogP contribution is 2.38. The summed E-state index contributed by atoms with van der Waals surface area (Å²) >= 11 is 1.01. The van der Waals surface area contributed by atoms with Crippen molar-refractivity contribution in [2.24, 2.45) is 4.99 Å². The molecule has 49 heavy (non-hydrogen) atoms. The van der Waals surface area contributed by atoms with E-state index in [1.165, 1.54) is 54.2 Å². The zero-order chi connectivity index (χ0) is 35.3. The molecule has 0 aliphatic carbocycles. The minimum atomic E-state index is -4.80. The molecule has 2 heterocycles. The van der Waals surface area contributed by atoms with E-state index in [9.17, 15) is 31.5 Å². The quantitative estimate of drug-likeness (QED) is 0.126. The Hall–Kier alpha value is -5.45. The zero-order valence-electron chi connectivity index (χ0n) is 25.8. The van der Waals surface area contributed by atoms with Crippen LogP contribution in [0.15, 0.2) is 90.2 Å². The number of amides is 3. The van der Waals surface area contributed by atoms with Crippen molar-refractivity contribution >= 4 is 40.2 Å². The maximum absolute atomic E-state index is 14.1. The van der Waals surface area contributed by atoms with E-state index in [2.05, 4.69) is 31.7 Å². The first-order chi connectivity index (χ1) is 23.2. The molecule has 0 spiro atoms. The monoisotopic (exact) mass is 702 g/mol. The molecule has 3 aromatic carbocycles. The van der Waals surface area contributed by atoms with Crippen molar-refractivity contribution < 1.29 is 45.8 Å². The summed E-state index contributed by atoms with van der Waals surface area (Å²) in [6.45, 7) is 4.16. The van der Waals surface area contributed by atoms with Crippen LogP contribution in [0.3, 0.4) is 0 Å². The van der Waals surface area contributed by atoms with Gasteiger partial charge in [-0.2, -0.15) is 4.99 Å². The van der Waals surface area contributed by atoms with Crippen molar-refractivity contribution in [3.8, 4) is 34.3 Å².